The smallest absolute Gasteiger partial charge is 0.312 e. The highest BCUT2D eigenvalue weighted by molar-refractivity contribution is 5.77. The summed E-state index contributed by atoms with van der Waals surface area (Å²) in [7, 11) is 0. The fourth-order valence-electron chi connectivity index (χ4n) is 2.47. The van der Waals surface area contributed by atoms with Gasteiger partial charge in [-0.15, -0.1) is 0 Å². The summed E-state index contributed by atoms with van der Waals surface area (Å²) in [6.45, 7) is 2.37. The maximum Gasteiger partial charge on any atom is 0.312 e. The minimum absolute atomic E-state index is 0.0159. The lowest BCUT2D eigenvalue weighted by Crippen LogP contribution is -2.39. The third-order valence-electron chi connectivity index (χ3n) is 3.75. The summed E-state index contributed by atoms with van der Waals surface area (Å²) in [6.07, 6.45) is 5.06. The van der Waals surface area contributed by atoms with Crippen LogP contribution in [0.2, 0.25) is 0 Å². The van der Waals surface area contributed by atoms with Crippen LogP contribution in [0.5, 0.6) is 0 Å². The summed E-state index contributed by atoms with van der Waals surface area (Å²) in [5, 5.41) is 0. The van der Waals surface area contributed by atoms with Gasteiger partial charge in [0.05, 0.1) is 12.0 Å². The zero-order valence-corrected chi connectivity index (χ0v) is 10.4. The van der Waals surface area contributed by atoms with Crippen LogP contribution in [0.3, 0.4) is 0 Å². The average Bonchev–Trinajstić information content (AvgIpc) is 2.29. The maximum atomic E-state index is 11.9. The molecule has 0 aromatic heterocycles. The highest BCUT2D eigenvalue weighted by Gasteiger charge is 2.44. The largest absolute Gasteiger partial charge is 0.466 e. The average molecular weight is 232 g/mol. The van der Waals surface area contributed by atoms with Gasteiger partial charge in [-0.05, 0) is 38.2 Å². The highest BCUT2D eigenvalue weighted by Crippen LogP contribution is 2.45. The van der Waals surface area contributed by atoms with Crippen LogP contribution >= 0.6 is 0 Å². The van der Waals surface area contributed by atoms with Gasteiger partial charge in [0.1, 0.15) is 0 Å². The Morgan fingerprint density at radius 3 is 2.53 bits per heavy atom. The van der Waals surface area contributed by atoms with Crippen molar-refractivity contribution in [2.24, 2.45) is 5.41 Å². The molecule has 1 aliphatic rings. The molecule has 17 heavy (non-hydrogen) atoms. The Morgan fingerprint density at radius 2 is 2.00 bits per heavy atom. The van der Waals surface area contributed by atoms with Crippen molar-refractivity contribution in [3.05, 3.63) is 35.9 Å². The van der Waals surface area contributed by atoms with Crippen LogP contribution in [-0.2, 0) is 16.0 Å². The van der Waals surface area contributed by atoms with Crippen LogP contribution < -0.4 is 0 Å². The zero-order chi connectivity index (χ0) is 12.1. The van der Waals surface area contributed by atoms with E-state index in [-0.39, 0.29) is 11.4 Å². The van der Waals surface area contributed by atoms with Crippen molar-refractivity contribution in [3.63, 3.8) is 0 Å². The SMILES string of the molecule is CCOC(=O)C1(CCc2ccccc2)CCC1. The molecule has 0 amide bonds. The van der Waals surface area contributed by atoms with E-state index in [9.17, 15) is 4.79 Å². The zero-order valence-electron chi connectivity index (χ0n) is 10.4. The van der Waals surface area contributed by atoms with E-state index in [0.29, 0.717) is 6.61 Å². The molecule has 0 unspecified atom stereocenters. The van der Waals surface area contributed by atoms with Crippen molar-refractivity contribution in [2.45, 2.75) is 39.0 Å². The van der Waals surface area contributed by atoms with Crippen LogP contribution in [-0.4, -0.2) is 12.6 Å². The van der Waals surface area contributed by atoms with Crippen molar-refractivity contribution >= 4 is 5.97 Å². The lowest BCUT2D eigenvalue weighted by atomic mass is 9.65. The quantitative estimate of drug-likeness (QED) is 0.728. The number of carbonyl (C=O) groups is 1. The highest BCUT2D eigenvalue weighted by atomic mass is 16.5. The van der Waals surface area contributed by atoms with Gasteiger partial charge in [-0.3, -0.25) is 4.79 Å². The summed E-state index contributed by atoms with van der Waals surface area (Å²) in [5.74, 6) is 0.0159. The van der Waals surface area contributed by atoms with Gasteiger partial charge in [0.25, 0.3) is 0 Å². The molecule has 0 N–H and O–H groups in total. The van der Waals surface area contributed by atoms with E-state index in [4.69, 9.17) is 4.74 Å². The molecule has 0 heterocycles. The Morgan fingerprint density at radius 1 is 1.29 bits per heavy atom. The molecule has 2 nitrogen and oxygen atoms in total. The summed E-state index contributed by atoms with van der Waals surface area (Å²) in [5.41, 5.74) is 1.13. The predicted octanol–water partition coefficient (Wildman–Crippen LogP) is 3.35. The summed E-state index contributed by atoms with van der Waals surface area (Å²) in [6, 6.07) is 10.4. The molecule has 2 heteroatoms. The first-order valence-electron chi connectivity index (χ1n) is 6.48. The second-order valence-electron chi connectivity index (χ2n) is 4.84. The van der Waals surface area contributed by atoms with E-state index < -0.39 is 0 Å². The van der Waals surface area contributed by atoms with E-state index >= 15 is 0 Å². The molecular formula is C15H20O2. The van der Waals surface area contributed by atoms with Crippen LogP contribution in [0.1, 0.15) is 38.2 Å². The van der Waals surface area contributed by atoms with Crippen LogP contribution in [0.4, 0.5) is 0 Å². The number of rotatable bonds is 5. The number of ether oxygens (including phenoxy) is 1. The van der Waals surface area contributed by atoms with Gasteiger partial charge in [-0.1, -0.05) is 36.8 Å². The predicted molar refractivity (Wildman–Crippen MR) is 67.7 cm³/mol. The maximum absolute atomic E-state index is 11.9. The molecule has 0 aliphatic heterocycles. The number of hydrogen-bond acceptors (Lipinski definition) is 2. The number of aryl methyl sites for hydroxylation is 1. The standard InChI is InChI=1S/C15H20O2/c1-2-17-14(16)15(10-6-11-15)12-9-13-7-4-3-5-8-13/h3-5,7-8H,2,6,9-12H2,1H3. The molecule has 1 aromatic rings. The van der Waals surface area contributed by atoms with Crippen LogP contribution in [0, 0.1) is 5.41 Å². The summed E-state index contributed by atoms with van der Waals surface area (Å²) < 4.78 is 5.20. The summed E-state index contributed by atoms with van der Waals surface area (Å²) in [4.78, 5) is 11.9. The molecule has 0 spiro atoms. The van der Waals surface area contributed by atoms with Gasteiger partial charge < -0.3 is 4.74 Å². The van der Waals surface area contributed by atoms with E-state index in [0.717, 1.165) is 32.1 Å². The van der Waals surface area contributed by atoms with Crippen molar-refractivity contribution in [1.29, 1.82) is 0 Å². The third kappa shape index (κ3) is 2.68. The van der Waals surface area contributed by atoms with Crippen molar-refractivity contribution in [2.75, 3.05) is 6.61 Å². The van der Waals surface area contributed by atoms with Crippen LogP contribution in [0.25, 0.3) is 0 Å². The van der Waals surface area contributed by atoms with Crippen LogP contribution in [0.15, 0.2) is 30.3 Å². The molecular weight excluding hydrogens is 212 g/mol. The molecule has 1 saturated carbocycles. The molecule has 1 aliphatic carbocycles. The fourth-order valence-corrected chi connectivity index (χ4v) is 2.47. The first-order valence-corrected chi connectivity index (χ1v) is 6.48. The number of esters is 1. The monoisotopic (exact) mass is 232 g/mol. The van der Waals surface area contributed by atoms with Gasteiger partial charge in [-0.2, -0.15) is 0 Å². The van der Waals surface area contributed by atoms with E-state index in [2.05, 4.69) is 12.1 Å². The second-order valence-corrected chi connectivity index (χ2v) is 4.84. The molecule has 0 saturated heterocycles. The van der Waals surface area contributed by atoms with Crippen molar-refractivity contribution < 1.29 is 9.53 Å². The Hall–Kier alpha value is -1.31. The van der Waals surface area contributed by atoms with Gasteiger partial charge >= 0.3 is 5.97 Å². The lowest BCUT2D eigenvalue weighted by molar-refractivity contribution is -0.161. The van der Waals surface area contributed by atoms with E-state index in [1.807, 2.05) is 25.1 Å². The lowest BCUT2D eigenvalue weighted by Gasteiger charge is -2.39. The Bertz CT molecular complexity index is 366. The first kappa shape index (κ1) is 12.2. The number of benzene rings is 1. The first-order chi connectivity index (χ1) is 8.27. The van der Waals surface area contributed by atoms with Gasteiger partial charge in [-0.25, -0.2) is 0 Å². The van der Waals surface area contributed by atoms with E-state index in [1.54, 1.807) is 0 Å². The minimum Gasteiger partial charge on any atom is -0.466 e. The molecule has 2 rings (SSSR count). The van der Waals surface area contributed by atoms with Crippen molar-refractivity contribution in [3.8, 4) is 0 Å². The molecule has 1 fully saturated rings. The normalized spacial score (nSPS) is 17.2. The van der Waals surface area contributed by atoms with Gasteiger partial charge in [0.2, 0.25) is 0 Å². The second kappa shape index (κ2) is 5.35. The van der Waals surface area contributed by atoms with Gasteiger partial charge in [0.15, 0.2) is 0 Å². The number of hydrogen-bond donors (Lipinski definition) is 0. The minimum atomic E-state index is -0.175. The number of carbonyl (C=O) groups excluding carboxylic acids is 1. The summed E-state index contributed by atoms with van der Waals surface area (Å²) >= 11 is 0. The topological polar surface area (TPSA) is 26.3 Å². The van der Waals surface area contributed by atoms with Crippen molar-refractivity contribution in [1.82, 2.24) is 0 Å². The van der Waals surface area contributed by atoms with E-state index in [1.165, 1.54) is 5.56 Å². The third-order valence-corrected chi connectivity index (χ3v) is 3.75. The molecule has 0 atom stereocenters. The molecule has 1 aromatic carbocycles. The molecule has 92 valence electrons. The molecule has 0 radical (unpaired) electrons. The molecule has 0 bridgehead atoms. The Labute approximate surface area is 103 Å². The fraction of sp³-hybridized carbons (Fsp3) is 0.533. The Balaban J connectivity index is 1.94. The Kier molecular flexibility index (Phi) is 3.82. The van der Waals surface area contributed by atoms with Gasteiger partial charge in [0, 0.05) is 0 Å².